The maximum Gasteiger partial charge on any atom is 0.171 e. The number of fused-ring (bicyclic) bond motifs is 11. The van der Waals surface area contributed by atoms with Crippen LogP contribution in [-0.4, -0.2) is 32.0 Å². The third kappa shape index (κ3) is 2.99. The lowest BCUT2D eigenvalue weighted by Crippen LogP contribution is -2.48. The van der Waals surface area contributed by atoms with Crippen molar-refractivity contribution < 1.29 is 9.47 Å². The molecule has 0 saturated heterocycles. The molecule has 0 radical (unpaired) electrons. The molecule has 4 aliphatic rings. The number of allylic oxidation sites excluding steroid dienone is 2. The van der Waals surface area contributed by atoms with Gasteiger partial charge in [0.15, 0.2) is 23.4 Å². The highest BCUT2D eigenvalue weighted by molar-refractivity contribution is 6.52. The zero-order chi connectivity index (χ0) is 27.6. The number of hydrogen-bond donors (Lipinski definition) is 0. The minimum absolute atomic E-state index is 0.395. The van der Waals surface area contributed by atoms with Crippen molar-refractivity contribution in [1.82, 2.24) is 9.13 Å². The van der Waals surface area contributed by atoms with Crippen LogP contribution in [0.5, 0.6) is 5.75 Å². The van der Waals surface area contributed by atoms with E-state index < -0.39 is 11.5 Å². The highest BCUT2D eigenvalue weighted by Crippen LogP contribution is 2.49. The maximum atomic E-state index is 7.19. The quantitative estimate of drug-likeness (QED) is 0.189. The van der Waals surface area contributed by atoms with E-state index in [1.807, 2.05) is 6.07 Å². The molecule has 3 aromatic carbocycles. The summed E-state index contributed by atoms with van der Waals surface area (Å²) < 4.78 is 18.0. The van der Waals surface area contributed by atoms with E-state index in [0.29, 0.717) is 22.2 Å². The molecular formula is C33H24Cl2N4O2. The Kier molecular flexibility index (Phi) is 4.78. The summed E-state index contributed by atoms with van der Waals surface area (Å²) >= 11 is 14.3. The Balaban J connectivity index is 1.23. The van der Waals surface area contributed by atoms with Crippen molar-refractivity contribution in [2.45, 2.75) is 37.8 Å². The van der Waals surface area contributed by atoms with Crippen LogP contribution in [0.1, 0.15) is 24.6 Å². The normalized spacial score (nSPS) is 21.1. The Labute approximate surface area is 245 Å². The van der Waals surface area contributed by atoms with Crippen LogP contribution in [0.2, 0.25) is 0 Å². The number of rotatable bonds is 1. The van der Waals surface area contributed by atoms with Gasteiger partial charge in [-0.05, 0) is 44.0 Å². The third-order valence-corrected chi connectivity index (χ3v) is 9.70. The number of hydrogen-bond acceptors (Lipinski definition) is 4. The highest BCUT2D eigenvalue weighted by atomic mass is 35.5. The predicted octanol–water partition coefficient (Wildman–Crippen LogP) is 8.00. The van der Waals surface area contributed by atoms with Gasteiger partial charge in [-0.2, -0.15) is 0 Å². The van der Waals surface area contributed by atoms with E-state index >= 15 is 0 Å². The van der Waals surface area contributed by atoms with Crippen molar-refractivity contribution in [1.29, 1.82) is 0 Å². The molecule has 6 nitrogen and oxygen atoms in total. The first-order chi connectivity index (χ1) is 20.0. The monoisotopic (exact) mass is 578 g/mol. The maximum absolute atomic E-state index is 7.19. The molecule has 0 amide bonds. The number of alkyl halides is 1. The Hall–Kier alpha value is -4.00. The molecule has 0 bridgehead atoms. The van der Waals surface area contributed by atoms with Gasteiger partial charge >= 0.3 is 0 Å². The summed E-state index contributed by atoms with van der Waals surface area (Å²) in [7, 11) is 2.11. The molecule has 41 heavy (non-hydrogen) atoms. The second-order valence-electron chi connectivity index (χ2n) is 10.9. The Bertz CT molecular complexity index is 2150. The third-order valence-electron chi connectivity index (χ3n) is 8.90. The molecule has 202 valence electrons. The van der Waals surface area contributed by atoms with Gasteiger partial charge in [-0.1, -0.05) is 48.0 Å². The lowest BCUT2D eigenvalue weighted by molar-refractivity contribution is 0.272. The summed E-state index contributed by atoms with van der Waals surface area (Å²) in [6, 6.07) is 20.9. The van der Waals surface area contributed by atoms with E-state index in [1.165, 1.54) is 11.2 Å². The van der Waals surface area contributed by atoms with Gasteiger partial charge in [0, 0.05) is 46.7 Å². The minimum Gasteiger partial charge on any atom is -0.479 e. The summed E-state index contributed by atoms with van der Waals surface area (Å²) in [6.45, 7) is 3.00. The first-order valence-corrected chi connectivity index (χ1v) is 14.8. The van der Waals surface area contributed by atoms with E-state index in [1.54, 1.807) is 0 Å². The van der Waals surface area contributed by atoms with Gasteiger partial charge in [-0.3, -0.25) is 0 Å². The van der Waals surface area contributed by atoms with Crippen LogP contribution < -0.4 is 4.74 Å². The molecule has 5 aromatic rings. The van der Waals surface area contributed by atoms with Gasteiger partial charge in [0.05, 0.1) is 16.6 Å². The topological polar surface area (TPSA) is 53.0 Å². The first kappa shape index (κ1) is 23.7. The van der Waals surface area contributed by atoms with E-state index in [0.717, 1.165) is 75.0 Å². The van der Waals surface area contributed by atoms with Gasteiger partial charge in [-0.25, -0.2) is 9.98 Å². The van der Waals surface area contributed by atoms with Gasteiger partial charge in [0.2, 0.25) is 0 Å². The number of ether oxygens (including phenoxy) is 2. The molecule has 2 aliphatic heterocycles. The summed E-state index contributed by atoms with van der Waals surface area (Å²) in [5, 5.41) is 3.10. The van der Waals surface area contributed by atoms with Crippen molar-refractivity contribution >= 4 is 78.8 Å². The van der Waals surface area contributed by atoms with Crippen LogP contribution in [0.4, 0.5) is 5.69 Å². The summed E-state index contributed by atoms with van der Waals surface area (Å²) in [6.07, 6.45) is 1.05. The fourth-order valence-electron chi connectivity index (χ4n) is 7.05. The molecule has 2 aliphatic carbocycles. The van der Waals surface area contributed by atoms with Crippen molar-refractivity contribution in [3.63, 3.8) is 0 Å². The number of halogens is 2. The number of benzene rings is 3. The van der Waals surface area contributed by atoms with Gasteiger partial charge in [0.1, 0.15) is 27.5 Å². The van der Waals surface area contributed by atoms with Crippen LogP contribution in [0.3, 0.4) is 0 Å². The molecule has 0 saturated carbocycles. The Morgan fingerprint density at radius 3 is 2.49 bits per heavy atom. The SMILES string of the molecule is CCn1c2ccccc2c2c3c(ccc21)N=C1C(Cl)=C2OC4=C(CCc5c4c4ccccc4n5C)N=C2C(Cl)C1O3. The Morgan fingerprint density at radius 1 is 0.878 bits per heavy atom. The minimum atomic E-state index is -0.614. The fourth-order valence-corrected chi connectivity index (χ4v) is 7.65. The number of nitrogens with zero attached hydrogens (tertiary/aromatic N) is 4. The number of aryl methyl sites for hydroxylation is 2. The highest BCUT2D eigenvalue weighted by Gasteiger charge is 2.47. The van der Waals surface area contributed by atoms with Crippen LogP contribution in [0, 0.1) is 0 Å². The Morgan fingerprint density at radius 2 is 1.66 bits per heavy atom. The summed E-state index contributed by atoms with van der Waals surface area (Å²) in [5.74, 6) is 1.96. The molecule has 0 fully saturated rings. The second kappa shape index (κ2) is 8.28. The van der Waals surface area contributed by atoms with E-state index in [-0.39, 0.29) is 0 Å². The van der Waals surface area contributed by atoms with Gasteiger partial charge in [0.25, 0.3) is 0 Å². The molecule has 4 heterocycles. The average molecular weight is 579 g/mol. The molecule has 2 aromatic heterocycles. The van der Waals surface area contributed by atoms with E-state index in [9.17, 15) is 0 Å². The lowest BCUT2D eigenvalue weighted by Gasteiger charge is -2.37. The molecular weight excluding hydrogens is 555 g/mol. The molecule has 2 atom stereocenters. The molecule has 9 rings (SSSR count). The number of aliphatic imine (C=N–C) groups is 2. The van der Waals surface area contributed by atoms with Crippen molar-refractivity contribution in [2.24, 2.45) is 17.0 Å². The largest absolute Gasteiger partial charge is 0.479 e. The molecule has 0 spiro atoms. The second-order valence-corrected chi connectivity index (χ2v) is 11.8. The van der Waals surface area contributed by atoms with Gasteiger partial charge < -0.3 is 18.6 Å². The van der Waals surface area contributed by atoms with Crippen molar-refractivity contribution in [2.75, 3.05) is 0 Å². The zero-order valence-corrected chi connectivity index (χ0v) is 23.9. The summed E-state index contributed by atoms with van der Waals surface area (Å²) in [4.78, 5) is 10.1. The standard InChI is InChI=1S/C33H24Cl2N4O2/c1-3-39-21-11-7-5-9-17(21)25-23(39)15-13-19-31(25)41-33-27(35)28-32(26(34)29(33)37-19)40-30-18(36-28)12-14-22-24(30)16-8-4-6-10-20(16)38(22)2/h4-11,13,15,27,33H,3,12,14H2,1-2H3. The van der Waals surface area contributed by atoms with Crippen LogP contribution in [0.25, 0.3) is 38.5 Å². The van der Waals surface area contributed by atoms with Crippen LogP contribution in [-0.2, 0) is 24.8 Å². The van der Waals surface area contributed by atoms with Crippen molar-refractivity contribution in [3.05, 3.63) is 88.4 Å². The first-order valence-electron chi connectivity index (χ1n) is 13.9. The predicted molar refractivity (Wildman–Crippen MR) is 166 cm³/mol. The zero-order valence-electron chi connectivity index (χ0n) is 22.4. The number of aromatic nitrogens is 2. The molecule has 2 unspecified atom stereocenters. The van der Waals surface area contributed by atoms with Crippen molar-refractivity contribution in [3.8, 4) is 5.75 Å². The molecule has 0 N–H and O–H groups in total. The van der Waals surface area contributed by atoms with E-state index in [2.05, 4.69) is 77.7 Å². The van der Waals surface area contributed by atoms with Crippen LogP contribution in [0.15, 0.2) is 87.1 Å². The lowest BCUT2D eigenvalue weighted by atomic mass is 9.92. The summed E-state index contributed by atoms with van der Waals surface area (Å²) in [5.41, 5.74) is 8.57. The average Bonchev–Trinajstić information content (AvgIpc) is 3.50. The van der Waals surface area contributed by atoms with Gasteiger partial charge in [-0.15, -0.1) is 11.6 Å². The fraction of sp³-hybridized carbons (Fsp3) is 0.212. The van der Waals surface area contributed by atoms with E-state index in [4.69, 9.17) is 42.7 Å². The van der Waals surface area contributed by atoms with Crippen LogP contribution >= 0.6 is 23.2 Å². The smallest absolute Gasteiger partial charge is 0.171 e. The number of para-hydroxylation sites is 2. The molecule has 8 heteroatoms.